The first-order valence-corrected chi connectivity index (χ1v) is 7.63. The van der Waals surface area contributed by atoms with Crippen molar-refractivity contribution < 1.29 is 9.59 Å². The van der Waals surface area contributed by atoms with E-state index in [1.54, 1.807) is 12.1 Å². The predicted molar refractivity (Wildman–Crippen MR) is 93.8 cm³/mol. The maximum atomic E-state index is 12.4. The Morgan fingerprint density at radius 1 is 1.17 bits per heavy atom. The zero-order valence-corrected chi connectivity index (χ0v) is 13.3. The van der Waals surface area contributed by atoms with Crippen LogP contribution in [0.1, 0.15) is 12.0 Å². The fourth-order valence-electron chi connectivity index (χ4n) is 2.60. The van der Waals surface area contributed by atoms with Gasteiger partial charge in [0.15, 0.2) is 0 Å². The number of aryl methyl sites for hydroxylation is 1. The highest BCUT2D eigenvalue weighted by molar-refractivity contribution is 6.44. The topological polar surface area (TPSA) is 87.8 Å². The SMILES string of the molecule is Cc1cccc(N2N=C(C(=O)Nc3ccccc3)CC2C(N)=O)c1. The van der Waals surface area contributed by atoms with Gasteiger partial charge in [-0.3, -0.25) is 14.6 Å². The lowest BCUT2D eigenvalue weighted by Crippen LogP contribution is -2.39. The van der Waals surface area contributed by atoms with E-state index in [-0.39, 0.29) is 18.0 Å². The van der Waals surface area contributed by atoms with Crippen molar-refractivity contribution in [2.24, 2.45) is 10.8 Å². The highest BCUT2D eigenvalue weighted by atomic mass is 16.2. The molecule has 1 aliphatic rings. The van der Waals surface area contributed by atoms with Crippen LogP contribution in [0, 0.1) is 6.92 Å². The number of hydrogen-bond acceptors (Lipinski definition) is 4. The van der Waals surface area contributed by atoms with Crippen LogP contribution in [0.25, 0.3) is 0 Å². The van der Waals surface area contributed by atoms with Gasteiger partial charge in [-0.05, 0) is 36.8 Å². The summed E-state index contributed by atoms with van der Waals surface area (Å²) in [5.74, 6) is -0.842. The number of anilines is 2. The summed E-state index contributed by atoms with van der Waals surface area (Å²) in [7, 11) is 0. The fourth-order valence-corrected chi connectivity index (χ4v) is 2.60. The van der Waals surface area contributed by atoms with Gasteiger partial charge < -0.3 is 11.1 Å². The van der Waals surface area contributed by atoms with Gasteiger partial charge in [-0.15, -0.1) is 0 Å². The van der Waals surface area contributed by atoms with E-state index in [4.69, 9.17) is 5.73 Å². The molecule has 6 nitrogen and oxygen atoms in total. The number of para-hydroxylation sites is 1. The third-order valence-electron chi connectivity index (χ3n) is 3.80. The van der Waals surface area contributed by atoms with E-state index in [2.05, 4.69) is 10.4 Å². The van der Waals surface area contributed by atoms with Gasteiger partial charge in [0.1, 0.15) is 11.8 Å². The number of hydrazone groups is 1. The van der Waals surface area contributed by atoms with E-state index in [0.29, 0.717) is 5.69 Å². The van der Waals surface area contributed by atoms with Gasteiger partial charge in [0.25, 0.3) is 5.91 Å². The summed E-state index contributed by atoms with van der Waals surface area (Å²) in [6, 6.07) is 16.0. The Morgan fingerprint density at radius 2 is 1.92 bits per heavy atom. The first kappa shape index (κ1) is 15.7. The third kappa shape index (κ3) is 3.27. The van der Waals surface area contributed by atoms with E-state index in [0.717, 1.165) is 11.3 Å². The summed E-state index contributed by atoms with van der Waals surface area (Å²) in [4.78, 5) is 24.2. The molecule has 0 bridgehead atoms. The molecule has 0 saturated carbocycles. The number of carbonyl (C=O) groups excluding carboxylic acids is 2. The number of nitrogens with one attached hydrogen (secondary N) is 1. The standard InChI is InChI=1S/C18H18N4O2/c1-12-6-5-9-14(10-12)22-16(17(19)23)11-15(21-22)18(24)20-13-7-3-2-4-8-13/h2-10,16H,11H2,1H3,(H2,19,23)(H,20,24). The van der Waals surface area contributed by atoms with Crippen LogP contribution in [-0.4, -0.2) is 23.6 Å². The molecular weight excluding hydrogens is 304 g/mol. The molecule has 1 heterocycles. The minimum Gasteiger partial charge on any atom is -0.368 e. The lowest BCUT2D eigenvalue weighted by molar-refractivity contribution is -0.119. The van der Waals surface area contributed by atoms with E-state index < -0.39 is 11.9 Å². The van der Waals surface area contributed by atoms with Gasteiger partial charge in [0.05, 0.1) is 5.69 Å². The molecule has 0 saturated heterocycles. The van der Waals surface area contributed by atoms with Crippen LogP contribution in [0.4, 0.5) is 11.4 Å². The van der Waals surface area contributed by atoms with E-state index in [9.17, 15) is 9.59 Å². The molecule has 0 radical (unpaired) electrons. The normalized spacial score (nSPS) is 16.6. The number of nitrogens with zero attached hydrogens (tertiary/aromatic N) is 2. The molecule has 1 aliphatic heterocycles. The molecule has 0 aliphatic carbocycles. The Kier molecular flexibility index (Phi) is 4.29. The van der Waals surface area contributed by atoms with Gasteiger partial charge in [-0.1, -0.05) is 30.3 Å². The first-order valence-electron chi connectivity index (χ1n) is 7.63. The third-order valence-corrected chi connectivity index (χ3v) is 3.80. The van der Waals surface area contributed by atoms with Crippen molar-refractivity contribution in [2.75, 3.05) is 10.3 Å². The number of hydrogen-bond donors (Lipinski definition) is 2. The van der Waals surface area contributed by atoms with Crippen LogP contribution in [0.3, 0.4) is 0 Å². The lowest BCUT2D eigenvalue weighted by atomic mass is 10.1. The minimum atomic E-state index is -0.664. The van der Waals surface area contributed by atoms with Crippen LogP contribution < -0.4 is 16.1 Å². The Labute approximate surface area is 140 Å². The fraction of sp³-hybridized carbons (Fsp3) is 0.167. The predicted octanol–water partition coefficient (Wildman–Crippen LogP) is 2.05. The average molecular weight is 322 g/mol. The molecule has 1 unspecified atom stereocenters. The van der Waals surface area contributed by atoms with Crippen LogP contribution in [0.15, 0.2) is 59.7 Å². The molecule has 3 N–H and O–H groups in total. The van der Waals surface area contributed by atoms with Crippen LogP contribution in [0.2, 0.25) is 0 Å². The van der Waals surface area contributed by atoms with Crippen LogP contribution >= 0.6 is 0 Å². The van der Waals surface area contributed by atoms with Gasteiger partial charge in [-0.2, -0.15) is 5.10 Å². The maximum Gasteiger partial charge on any atom is 0.271 e. The van der Waals surface area contributed by atoms with Crippen LogP contribution in [-0.2, 0) is 9.59 Å². The highest BCUT2D eigenvalue weighted by Crippen LogP contribution is 2.25. The Hall–Kier alpha value is -3.15. The van der Waals surface area contributed by atoms with Gasteiger partial charge in [-0.25, -0.2) is 0 Å². The molecule has 0 aromatic heterocycles. The Morgan fingerprint density at radius 3 is 2.58 bits per heavy atom. The van der Waals surface area contributed by atoms with Crippen molar-refractivity contribution in [1.29, 1.82) is 0 Å². The zero-order valence-electron chi connectivity index (χ0n) is 13.3. The molecule has 3 rings (SSSR count). The molecule has 1 atom stereocenters. The maximum absolute atomic E-state index is 12.4. The average Bonchev–Trinajstić information content (AvgIpc) is 3.01. The van der Waals surface area contributed by atoms with Crippen molar-refractivity contribution >= 4 is 28.9 Å². The van der Waals surface area contributed by atoms with Crippen molar-refractivity contribution in [1.82, 2.24) is 0 Å². The monoisotopic (exact) mass is 322 g/mol. The summed E-state index contributed by atoms with van der Waals surface area (Å²) >= 11 is 0. The molecular formula is C18H18N4O2. The number of rotatable bonds is 4. The zero-order chi connectivity index (χ0) is 17.1. The molecule has 0 fully saturated rings. The second kappa shape index (κ2) is 6.54. The molecule has 2 aromatic rings. The Bertz CT molecular complexity index is 802. The number of carbonyl (C=O) groups is 2. The smallest absolute Gasteiger partial charge is 0.271 e. The summed E-state index contributed by atoms with van der Waals surface area (Å²) in [6.45, 7) is 1.95. The summed E-state index contributed by atoms with van der Waals surface area (Å²) in [5.41, 5.74) is 8.22. The highest BCUT2D eigenvalue weighted by Gasteiger charge is 2.35. The molecule has 2 aromatic carbocycles. The van der Waals surface area contributed by atoms with Gasteiger partial charge in [0, 0.05) is 12.1 Å². The lowest BCUT2D eigenvalue weighted by Gasteiger charge is -2.21. The van der Waals surface area contributed by atoms with Gasteiger partial charge >= 0.3 is 0 Å². The molecule has 122 valence electrons. The number of nitrogens with two attached hydrogens (primary N) is 1. The van der Waals surface area contributed by atoms with Crippen molar-refractivity contribution in [3.05, 3.63) is 60.2 Å². The summed E-state index contributed by atoms with van der Waals surface area (Å²) in [6.07, 6.45) is 0.182. The van der Waals surface area contributed by atoms with Crippen LogP contribution in [0.5, 0.6) is 0 Å². The van der Waals surface area contributed by atoms with Gasteiger partial charge in [0.2, 0.25) is 5.91 Å². The number of amides is 2. The van der Waals surface area contributed by atoms with E-state index >= 15 is 0 Å². The number of primary amides is 1. The first-order chi connectivity index (χ1) is 11.5. The largest absolute Gasteiger partial charge is 0.368 e. The minimum absolute atomic E-state index is 0.182. The molecule has 0 spiro atoms. The second-order valence-electron chi connectivity index (χ2n) is 5.67. The molecule has 24 heavy (non-hydrogen) atoms. The van der Waals surface area contributed by atoms with Crippen molar-refractivity contribution in [3.63, 3.8) is 0 Å². The second-order valence-corrected chi connectivity index (χ2v) is 5.67. The van der Waals surface area contributed by atoms with Crippen molar-refractivity contribution in [2.45, 2.75) is 19.4 Å². The van der Waals surface area contributed by atoms with E-state index in [1.807, 2.05) is 49.4 Å². The number of benzene rings is 2. The Balaban J connectivity index is 1.85. The molecule has 2 amide bonds. The summed E-state index contributed by atoms with van der Waals surface area (Å²) < 4.78 is 0. The quantitative estimate of drug-likeness (QED) is 0.903. The molecule has 6 heteroatoms. The summed E-state index contributed by atoms with van der Waals surface area (Å²) in [5, 5.41) is 8.64. The van der Waals surface area contributed by atoms with E-state index in [1.165, 1.54) is 5.01 Å². The van der Waals surface area contributed by atoms with Crippen molar-refractivity contribution in [3.8, 4) is 0 Å².